The van der Waals surface area contributed by atoms with E-state index in [1.807, 2.05) is 12.1 Å². The van der Waals surface area contributed by atoms with Crippen LogP contribution in [0.3, 0.4) is 0 Å². The van der Waals surface area contributed by atoms with Crippen molar-refractivity contribution in [3.63, 3.8) is 0 Å². The van der Waals surface area contributed by atoms with Crippen molar-refractivity contribution in [1.82, 2.24) is 14.9 Å². The third-order valence-corrected chi connectivity index (χ3v) is 5.98. The largest absolute Gasteiger partial charge is 0.351 e. The quantitative estimate of drug-likeness (QED) is 0.803. The summed E-state index contributed by atoms with van der Waals surface area (Å²) in [6.07, 6.45) is 2.34. The molecule has 1 amide bonds. The first-order chi connectivity index (χ1) is 10.9. The normalized spacial score (nSPS) is 18.8. The molecule has 0 unspecified atom stereocenters. The number of carbonyl (C=O) groups excluding carboxylic acids is 1. The second-order valence-corrected chi connectivity index (χ2v) is 8.32. The zero-order chi connectivity index (χ0) is 16.9. The van der Waals surface area contributed by atoms with Gasteiger partial charge in [0.2, 0.25) is 10.0 Å². The zero-order valence-electron chi connectivity index (χ0n) is 13.7. The summed E-state index contributed by atoms with van der Waals surface area (Å²) in [5.74, 6) is 0.163. The summed E-state index contributed by atoms with van der Waals surface area (Å²) >= 11 is 0. The van der Waals surface area contributed by atoms with E-state index in [4.69, 9.17) is 0 Å². The molecular weight excluding hydrogens is 314 g/mol. The predicted molar refractivity (Wildman–Crippen MR) is 91.1 cm³/mol. The molecule has 1 heterocycles. The first-order valence-corrected chi connectivity index (χ1v) is 9.50. The Morgan fingerprint density at radius 2 is 2.00 bits per heavy atom. The molecule has 1 aliphatic rings. The van der Waals surface area contributed by atoms with Crippen molar-refractivity contribution in [3.05, 3.63) is 35.4 Å². The first kappa shape index (κ1) is 17.9. The molecule has 128 valence electrons. The van der Waals surface area contributed by atoms with E-state index in [9.17, 15) is 13.2 Å². The molecule has 0 aromatic heterocycles. The monoisotopic (exact) mass is 339 g/mol. The van der Waals surface area contributed by atoms with Crippen LogP contribution in [-0.2, 0) is 10.0 Å². The highest BCUT2D eigenvalue weighted by atomic mass is 32.2. The molecule has 0 saturated carbocycles. The summed E-state index contributed by atoms with van der Waals surface area (Å²) in [7, 11) is -0.321. The third kappa shape index (κ3) is 5.02. The number of nitrogens with one attached hydrogen (secondary N) is 2. The highest BCUT2D eigenvalue weighted by Gasteiger charge is 2.16. The Kier molecular flexibility index (Phi) is 6.15. The lowest BCUT2D eigenvalue weighted by Crippen LogP contribution is -2.33. The van der Waals surface area contributed by atoms with Crippen molar-refractivity contribution in [2.24, 2.45) is 0 Å². The Labute approximate surface area is 138 Å². The molecule has 1 fully saturated rings. The van der Waals surface area contributed by atoms with E-state index < -0.39 is 10.0 Å². The molecule has 1 aromatic rings. The van der Waals surface area contributed by atoms with Crippen LogP contribution in [0.5, 0.6) is 0 Å². The highest BCUT2D eigenvalue weighted by Crippen LogP contribution is 2.23. The average molecular weight is 339 g/mol. The number of piperidine rings is 1. The molecule has 6 nitrogen and oxygen atoms in total. The topological polar surface area (TPSA) is 78.5 Å². The van der Waals surface area contributed by atoms with Gasteiger partial charge in [0, 0.05) is 32.7 Å². The minimum atomic E-state index is -3.29. The van der Waals surface area contributed by atoms with E-state index in [0.717, 1.165) is 17.4 Å². The molecule has 0 spiro atoms. The van der Waals surface area contributed by atoms with Crippen LogP contribution in [0.15, 0.2) is 24.3 Å². The van der Waals surface area contributed by atoms with Crippen LogP contribution in [0.2, 0.25) is 0 Å². The van der Waals surface area contributed by atoms with E-state index in [-0.39, 0.29) is 18.2 Å². The Bertz CT molecular complexity index is 620. The van der Waals surface area contributed by atoms with Crippen molar-refractivity contribution in [2.75, 3.05) is 39.5 Å². The van der Waals surface area contributed by atoms with Crippen molar-refractivity contribution < 1.29 is 13.2 Å². The van der Waals surface area contributed by atoms with Crippen LogP contribution >= 0.6 is 0 Å². The molecule has 23 heavy (non-hydrogen) atoms. The summed E-state index contributed by atoms with van der Waals surface area (Å²) in [6, 6.07) is 7.59. The van der Waals surface area contributed by atoms with Crippen LogP contribution in [0.1, 0.15) is 34.7 Å². The molecule has 0 bridgehead atoms. The molecule has 0 aliphatic carbocycles. The fourth-order valence-electron chi connectivity index (χ4n) is 2.62. The van der Waals surface area contributed by atoms with E-state index in [0.29, 0.717) is 11.5 Å². The van der Waals surface area contributed by atoms with E-state index in [1.165, 1.54) is 32.5 Å². The van der Waals surface area contributed by atoms with Crippen LogP contribution in [0, 0.1) is 0 Å². The summed E-state index contributed by atoms with van der Waals surface area (Å²) in [5.41, 5.74) is 1.80. The Hall–Kier alpha value is -1.44. The number of nitrogens with zero attached hydrogens (tertiary/aromatic N) is 1. The fourth-order valence-corrected chi connectivity index (χ4v) is 3.35. The van der Waals surface area contributed by atoms with Gasteiger partial charge in [-0.2, -0.15) is 0 Å². The lowest BCUT2D eigenvalue weighted by molar-refractivity contribution is 0.0956. The minimum absolute atomic E-state index is 0.0996. The van der Waals surface area contributed by atoms with Crippen LogP contribution in [-0.4, -0.2) is 58.1 Å². The minimum Gasteiger partial charge on any atom is -0.351 e. The fraction of sp³-hybridized carbons (Fsp3) is 0.562. The van der Waals surface area contributed by atoms with Crippen molar-refractivity contribution in [2.45, 2.75) is 18.8 Å². The molecular formula is C16H25N3O3S. The van der Waals surface area contributed by atoms with Gasteiger partial charge >= 0.3 is 0 Å². The number of amides is 1. The standard InChI is InChI=1S/C16H25N3O3S/c1-19(2)23(21,22)11-10-18-16(20)14-7-5-13(6-8-14)15-4-3-9-17-12-15/h5-8,15,17H,3-4,9-12H2,1-2H3,(H,18,20)/t15-/m0/s1. The molecule has 1 saturated heterocycles. The lowest BCUT2D eigenvalue weighted by atomic mass is 9.91. The molecule has 7 heteroatoms. The SMILES string of the molecule is CN(C)S(=O)(=O)CCNC(=O)c1ccc([C@H]2CCCNC2)cc1. The summed E-state index contributed by atoms with van der Waals surface area (Å²) in [6.45, 7) is 2.16. The van der Waals surface area contributed by atoms with E-state index in [1.54, 1.807) is 12.1 Å². The summed E-state index contributed by atoms with van der Waals surface area (Å²) in [4.78, 5) is 12.1. The summed E-state index contributed by atoms with van der Waals surface area (Å²) in [5, 5.41) is 6.03. The van der Waals surface area contributed by atoms with E-state index in [2.05, 4.69) is 10.6 Å². The van der Waals surface area contributed by atoms with Gasteiger partial charge in [0.15, 0.2) is 0 Å². The predicted octanol–water partition coefficient (Wildman–Crippen LogP) is 0.775. The number of hydrogen-bond donors (Lipinski definition) is 2. The first-order valence-electron chi connectivity index (χ1n) is 7.89. The van der Waals surface area contributed by atoms with Gasteiger partial charge in [-0.1, -0.05) is 12.1 Å². The Morgan fingerprint density at radius 1 is 1.30 bits per heavy atom. The van der Waals surface area contributed by atoms with E-state index >= 15 is 0 Å². The number of benzene rings is 1. The van der Waals surface area contributed by atoms with Gasteiger partial charge in [0.1, 0.15) is 0 Å². The highest BCUT2D eigenvalue weighted by molar-refractivity contribution is 7.89. The van der Waals surface area contributed by atoms with Gasteiger partial charge in [0.05, 0.1) is 5.75 Å². The maximum absolute atomic E-state index is 12.1. The zero-order valence-corrected chi connectivity index (χ0v) is 14.5. The van der Waals surface area contributed by atoms with Gasteiger partial charge in [-0.3, -0.25) is 4.79 Å². The molecule has 1 atom stereocenters. The summed E-state index contributed by atoms with van der Waals surface area (Å²) < 4.78 is 24.4. The molecule has 1 aliphatic heterocycles. The smallest absolute Gasteiger partial charge is 0.251 e. The number of sulfonamides is 1. The second kappa shape index (κ2) is 7.90. The van der Waals surface area contributed by atoms with Gasteiger partial charge in [-0.15, -0.1) is 0 Å². The lowest BCUT2D eigenvalue weighted by Gasteiger charge is -2.23. The van der Waals surface area contributed by atoms with Crippen LogP contribution in [0.25, 0.3) is 0 Å². The van der Waals surface area contributed by atoms with Crippen LogP contribution in [0.4, 0.5) is 0 Å². The molecule has 2 N–H and O–H groups in total. The van der Waals surface area contributed by atoms with Crippen molar-refractivity contribution in [3.8, 4) is 0 Å². The number of carbonyl (C=O) groups is 1. The molecule has 1 aromatic carbocycles. The molecule has 0 radical (unpaired) electrons. The third-order valence-electron chi connectivity index (χ3n) is 4.14. The van der Waals surface area contributed by atoms with Gasteiger partial charge in [0.25, 0.3) is 5.91 Å². The average Bonchev–Trinajstić information content (AvgIpc) is 2.55. The van der Waals surface area contributed by atoms with Gasteiger partial charge in [-0.25, -0.2) is 12.7 Å². The number of hydrogen-bond acceptors (Lipinski definition) is 4. The maximum atomic E-state index is 12.1. The Morgan fingerprint density at radius 3 is 2.57 bits per heavy atom. The molecule has 2 rings (SSSR count). The van der Waals surface area contributed by atoms with Gasteiger partial charge in [-0.05, 0) is 43.0 Å². The van der Waals surface area contributed by atoms with Crippen molar-refractivity contribution >= 4 is 15.9 Å². The maximum Gasteiger partial charge on any atom is 0.251 e. The van der Waals surface area contributed by atoms with Gasteiger partial charge < -0.3 is 10.6 Å². The second-order valence-electron chi connectivity index (χ2n) is 6.02. The van der Waals surface area contributed by atoms with Crippen molar-refractivity contribution in [1.29, 1.82) is 0 Å². The number of rotatable bonds is 6. The van der Waals surface area contributed by atoms with Crippen LogP contribution < -0.4 is 10.6 Å². The Balaban J connectivity index is 1.87.